The van der Waals surface area contributed by atoms with Crippen LogP contribution in [0.2, 0.25) is 0 Å². The zero-order valence-electron chi connectivity index (χ0n) is 16.2. The van der Waals surface area contributed by atoms with Crippen molar-refractivity contribution >= 4 is 34.9 Å². The molecule has 9 heteroatoms. The fraction of sp³-hybridized carbons (Fsp3) is 0.0455. The van der Waals surface area contributed by atoms with Crippen molar-refractivity contribution in [3.05, 3.63) is 83.1 Å². The first kappa shape index (κ1) is 20.7. The monoisotopic (exact) mass is 447 g/mol. The minimum Gasteiger partial charge on any atom is -0.272 e. The molecule has 0 saturated heterocycles. The van der Waals surface area contributed by atoms with Crippen molar-refractivity contribution in [2.75, 3.05) is 5.75 Å². The van der Waals surface area contributed by atoms with Crippen LogP contribution in [0.5, 0.6) is 0 Å². The summed E-state index contributed by atoms with van der Waals surface area (Å²) in [5.74, 6) is -0.692. The smallest absolute Gasteiger partial charge is 0.272 e. The molecule has 7 nitrogen and oxygen atoms in total. The largest absolute Gasteiger partial charge is 0.279 e. The molecule has 2 N–H and O–H groups in total. The van der Waals surface area contributed by atoms with Gasteiger partial charge in [0.25, 0.3) is 5.91 Å². The molecule has 4 rings (SSSR count). The number of rotatable bonds is 6. The van der Waals surface area contributed by atoms with E-state index in [9.17, 15) is 9.59 Å². The number of thioether (sulfide) groups is 1. The second kappa shape index (κ2) is 9.96. The van der Waals surface area contributed by atoms with Crippen molar-refractivity contribution in [2.45, 2.75) is 5.16 Å². The van der Waals surface area contributed by atoms with E-state index in [1.54, 1.807) is 17.5 Å². The second-order valence-electron chi connectivity index (χ2n) is 6.29. The Morgan fingerprint density at radius 3 is 2.13 bits per heavy atom. The summed E-state index contributed by atoms with van der Waals surface area (Å²) >= 11 is 2.44. The molecule has 2 amide bonds. The first-order valence-corrected chi connectivity index (χ1v) is 11.2. The Morgan fingerprint density at radius 2 is 1.48 bits per heavy atom. The number of nitrogens with zero attached hydrogens (tertiary/aromatic N) is 3. The Bertz CT molecular complexity index is 1170. The third-order valence-corrected chi connectivity index (χ3v) is 5.86. The molecule has 0 unspecified atom stereocenters. The molecule has 31 heavy (non-hydrogen) atoms. The second-order valence-corrected chi connectivity index (χ2v) is 8.18. The number of carbonyl (C=O) groups excluding carboxylic acids is 2. The predicted octanol–water partition coefficient (Wildman–Crippen LogP) is 3.82. The van der Waals surface area contributed by atoms with Gasteiger partial charge in [0.05, 0.1) is 10.6 Å². The van der Waals surface area contributed by atoms with Crippen LogP contribution in [-0.2, 0) is 4.79 Å². The van der Waals surface area contributed by atoms with Crippen molar-refractivity contribution in [2.24, 2.45) is 0 Å². The van der Waals surface area contributed by atoms with E-state index >= 15 is 0 Å². The SMILES string of the molecule is O=C(CSc1nnc(-c2ccccc2)c(-c2ccccc2)n1)NNC(=O)c1cccs1. The Morgan fingerprint density at radius 1 is 0.806 bits per heavy atom. The Hall–Kier alpha value is -3.56. The molecule has 154 valence electrons. The number of amides is 2. The molecule has 2 aromatic carbocycles. The Labute approximate surface area is 186 Å². The van der Waals surface area contributed by atoms with Gasteiger partial charge in [0.2, 0.25) is 11.1 Å². The van der Waals surface area contributed by atoms with Crippen LogP contribution in [0.25, 0.3) is 22.5 Å². The van der Waals surface area contributed by atoms with Crippen LogP contribution in [0.4, 0.5) is 0 Å². The van der Waals surface area contributed by atoms with Crippen LogP contribution in [0.3, 0.4) is 0 Å². The molecule has 2 aromatic heterocycles. The molecule has 0 aliphatic carbocycles. The highest BCUT2D eigenvalue weighted by Gasteiger charge is 2.15. The summed E-state index contributed by atoms with van der Waals surface area (Å²) in [6, 6.07) is 22.9. The van der Waals surface area contributed by atoms with Crippen molar-refractivity contribution in [1.29, 1.82) is 0 Å². The predicted molar refractivity (Wildman–Crippen MR) is 121 cm³/mol. The van der Waals surface area contributed by atoms with Crippen molar-refractivity contribution in [3.63, 3.8) is 0 Å². The lowest BCUT2D eigenvalue weighted by atomic mass is 10.0. The highest BCUT2D eigenvalue weighted by molar-refractivity contribution is 7.99. The van der Waals surface area contributed by atoms with Gasteiger partial charge >= 0.3 is 0 Å². The topological polar surface area (TPSA) is 96.9 Å². The van der Waals surface area contributed by atoms with E-state index in [0.29, 0.717) is 21.4 Å². The van der Waals surface area contributed by atoms with Gasteiger partial charge in [-0.3, -0.25) is 20.4 Å². The molecular weight excluding hydrogens is 430 g/mol. The summed E-state index contributed by atoms with van der Waals surface area (Å²) in [5, 5.41) is 10.7. The van der Waals surface area contributed by atoms with Gasteiger partial charge in [-0.1, -0.05) is 78.5 Å². The van der Waals surface area contributed by atoms with E-state index in [2.05, 4.69) is 26.0 Å². The molecule has 0 atom stereocenters. The van der Waals surface area contributed by atoms with Crippen molar-refractivity contribution < 1.29 is 9.59 Å². The summed E-state index contributed by atoms with van der Waals surface area (Å²) in [5.41, 5.74) is 7.96. The third-order valence-electron chi connectivity index (χ3n) is 4.15. The highest BCUT2D eigenvalue weighted by Crippen LogP contribution is 2.29. The number of benzene rings is 2. The lowest BCUT2D eigenvalue weighted by Gasteiger charge is -2.09. The average molecular weight is 448 g/mol. The summed E-state index contributed by atoms with van der Waals surface area (Å²) in [7, 11) is 0. The van der Waals surface area contributed by atoms with Gasteiger partial charge in [0.1, 0.15) is 11.4 Å². The van der Waals surface area contributed by atoms with E-state index in [1.807, 2.05) is 60.7 Å². The van der Waals surface area contributed by atoms with Gasteiger partial charge in [0.15, 0.2) is 0 Å². The van der Waals surface area contributed by atoms with E-state index < -0.39 is 0 Å². The maximum atomic E-state index is 12.1. The van der Waals surface area contributed by atoms with E-state index in [4.69, 9.17) is 0 Å². The number of hydrogen-bond acceptors (Lipinski definition) is 7. The van der Waals surface area contributed by atoms with Gasteiger partial charge in [-0.25, -0.2) is 4.98 Å². The molecule has 0 saturated carbocycles. The van der Waals surface area contributed by atoms with Crippen LogP contribution in [0.15, 0.2) is 83.3 Å². The lowest BCUT2D eigenvalue weighted by Crippen LogP contribution is -2.42. The Kier molecular flexibility index (Phi) is 6.65. The molecular formula is C22H17N5O2S2. The van der Waals surface area contributed by atoms with Crippen LogP contribution < -0.4 is 10.9 Å². The number of thiophene rings is 1. The number of aromatic nitrogens is 3. The molecule has 0 aliphatic heterocycles. The van der Waals surface area contributed by atoms with E-state index in [-0.39, 0.29) is 17.6 Å². The fourth-order valence-corrected chi connectivity index (χ4v) is 3.93. The van der Waals surface area contributed by atoms with Gasteiger partial charge in [-0.2, -0.15) is 0 Å². The van der Waals surface area contributed by atoms with Crippen LogP contribution in [-0.4, -0.2) is 32.7 Å². The minimum atomic E-state index is -0.369. The zero-order valence-corrected chi connectivity index (χ0v) is 17.8. The molecule has 4 aromatic rings. The summed E-state index contributed by atoms with van der Waals surface area (Å²) in [4.78, 5) is 29.2. The fourth-order valence-electron chi connectivity index (χ4n) is 2.72. The van der Waals surface area contributed by atoms with Gasteiger partial charge in [-0.05, 0) is 11.4 Å². The normalized spacial score (nSPS) is 10.5. The molecule has 2 heterocycles. The van der Waals surface area contributed by atoms with Crippen LogP contribution in [0.1, 0.15) is 9.67 Å². The molecule has 0 bridgehead atoms. The lowest BCUT2D eigenvalue weighted by molar-refractivity contribution is -0.119. The molecule has 0 fully saturated rings. The minimum absolute atomic E-state index is 0.0330. The third kappa shape index (κ3) is 5.33. The Balaban J connectivity index is 1.46. The summed E-state index contributed by atoms with van der Waals surface area (Å²) < 4.78 is 0. The summed E-state index contributed by atoms with van der Waals surface area (Å²) in [6.45, 7) is 0. The molecule has 0 aliphatic rings. The number of nitrogens with one attached hydrogen (secondary N) is 2. The maximum Gasteiger partial charge on any atom is 0.279 e. The van der Waals surface area contributed by atoms with E-state index in [1.165, 1.54) is 11.3 Å². The highest BCUT2D eigenvalue weighted by atomic mass is 32.2. The van der Waals surface area contributed by atoms with Crippen LogP contribution in [0, 0.1) is 0 Å². The first-order valence-electron chi connectivity index (χ1n) is 9.32. The van der Waals surface area contributed by atoms with Crippen LogP contribution >= 0.6 is 23.1 Å². The van der Waals surface area contributed by atoms with Gasteiger partial charge < -0.3 is 0 Å². The molecule has 0 spiro atoms. The number of carbonyl (C=O) groups is 2. The first-order chi connectivity index (χ1) is 15.2. The van der Waals surface area contributed by atoms with Gasteiger partial charge in [-0.15, -0.1) is 21.5 Å². The standard InChI is InChI=1S/C22H17N5O2S2/c28-18(24-26-21(29)17-12-7-13-30-17)14-31-22-23-19(15-8-3-1-4-9-15)20(25-27-22)16-10-5-2-6-11-16/h1-13H,14H2,(H,24,28)(H,26,29). The number of hydrazine groups is 1. The zero-order chi connectivity index (χ0) is 21.5. The number of hydrogen-bond donors (Lipinski definition) is 2. The molecule has 0 radical (unpaired) electrons. The average Bonchev–Trinajstić information content (AvgIpc) is 3.37. The van der Waals surface area contributed by atoms with Gasteiger partial charge in [0, 0.05) is 11.1 Å². The quantitative estimate of drug-likeness (QED) is 0.345. The summed E-state index contributed by atoms with van der Waals surface area (Å²) in [6.07, 6.45) is 0. The van der Waals surface area contributed by atoms with Crippen molar-refractivity contribution in [3.8, 4) is 22.5 Å². The van der Waals surface area contributed by atoms with Crippen molar-refractivity contribution in [1.82, 2.24) is 26.0 Å². The van der Waals surface area contributed by atoms with E-state index in [0.717, 1.165) is 22.9 Å². The maximum absolute atomic E-state index is 12.1.